The molecule has 0 spiro atoms. The van der Waals surface area contributed by atoms with E-state index in [1.54, 1.807) is 5.57 Å². The number of para-hydroxylation sites is 4. The molecule has 0 bridgehead atoms. The number of fused-ring (bicyclic) bond motifs is 9. The second-order valence-electron chi connectivity index (χ2n) is 15.7. The van der Waals surface area contributed by atoms with Gasteiger partial charge in [0.2, 0.25) is 0 Å². The molecule has 0 N–H and O–H groups in total. The number of rotatable bonds is 5. The zero-order chi connectivity index (χ0) is 36.8. The number of aromatic nitrogens is 1. The van der Waals surface area contributed by atoms with Crippen molar-refractivity contribution in [3.05, 3.63) is 187 Å². The molecule has 0 fully saturated rings. The van der Waals surface area contributed by atoms with Crippen LogP contribution in [-0.4, -0.2) is 4.57 Å². The molecule has 2 aliphatic rings. The fourth-order valence-corrected chi connectivity index (χ4v) is 9.83. The smallest absolute Gasteiger partial charge is 0.145 e. The number of anilines is 3. The molecule has 0 amide bonds. The molecule has 2 heterocycles. The molecule has 9 aromatic rings. The number of nitrogens with zero attached hydrogens (tertiary/aromatic N) is 2. The Balaban J connectivity index is 1.18. The minimum Gasteiger partial charge on any atom is -0.455 e. The molecule has 7 aromatic carbocycles. The van der Waals surface area contributed by atoms with Gasteiger partial charge in [-0.15, -0.1) is 0 Å². The van der Waals surface area contributed by atoms with Crippen LogP contribution in [-0.2, 0) is 5.41 Å². The third-order valence-corrected chi connectivity index (χ3v) is 12.2. The lowest BCUT2D eigenvalue weighted by Crippen LogP contribution is -2.22. The zero-order valence-corrected chi connectivity index (χ0v) is 31.3. The Hall–Kier alpha value is -6.58. The van der Waals surface area contributed by atoms with Crippen LogP contribution in [0.5, 0.6) is 0 Å². The summed E-state index contributed by atoms with van der Waals surface area (Å²) in [4.78, 5) is 2.31. The maximum Gasteiger partial charge on any atom is 0.145 e. The maximum absolute atomic E-state index is 6.81. The van der Waals surface area contributed by atoms with E-state index in [1.165, 1.54) is 33.2 Å². The molecule has 264 valence electrons. The normalized spacial score (nSPS) is 16.0. The van der Waals surface area contributed by atoms with Crippen LogP contribution in [0, 0.1) is 5.92 Å². The lowest BCUT2D eigenvalue weighted by molar-refractivity contribution is 0.530. The van der Waals surface area contributed by atoms with Crippen LogP contribution >= 0.6 is 0 Å². The summed E-state index contributed by atoms with van der Waals surface area (Å²) in [5.74, 6) is 0.524. The van der Waals surface area contributed by atoms with Crippen molar-refractivity contribution in [2.24, 2.45) is 5.92 Å². The number of hydrogen-bond acceptors (Lipinski definition) is 2. The molecule has 1 atom stereocenters. The van der Waals surface area contributed by atoms with Gasteiger partial charge in [0.15, 0.2) is 0 Å². The van der Waals surface area contributed by atoms with Gasteiger partial charge in [0.05, 0.1) is 16.4 Å². The van der Waals surface area contributed by atoms with Crippen LogP contribution in [0.3, 0.4) is 0 Å². The van der Waals surface area contributed by atoms with Crippen LogP contribution in [0.25, 0.3) is 66.1 Å². The molecule has 0 aliphatic heterocycles. The fraction of sp³-hybridized carbons (Fsp3) is 0.115. The van der Waals surface area contributed by atoms with Crippen molar-refractivity contribution >= 4 is 66.4 Å². The molecule has 3 nitrogen and oxygen atoms in total. The van der Waals surface area contributed by atoms with Gasteiger partial charge < -0.3 is 13.9 Å². The van der Waals surface area contributed by atoms with Gasteiger partial charge in [-0.05, 0) is 113 Å². The summed E-state index contributed by atoms with van der Waals surface area (Å²) in [6.07, 6.45) is 5.82. The van der Waals surface area contributed by atoms with Crippen LogP contribution in [0.2, 0.25) is 0 Å². The molecule has 0 saturated carbocycles. The predicted molar refractivity (Wildman–Crippen MR) is 231 cm³/mol. The Kier molecular flexibility index (Phi) is 6.94. The summed E-state index contributed by atoms with van der Waals surface area (Å²) in [5.41, 5.74) is 16.7. The molecule has 11 rings (SSSR count). The minimum absolute atomic E-state index is 0.0532. The van der Waals surface area contributed by atoms with Gasteiger partial charge in [0.25, 0.3) is 0 Å². The van der Waals surface area contributed by atoms with E-state index in [-0.39, 0.29) is 5.41 Å². The standard InChI is InChI=1S/C52H40N2O/c1-33-15-14-22-41-39-30-25-34(31-45(39)52(2,3)49(33)41)43-32-44-40-20-11-13-24-47(40)55-51(44)48-42-21-10-12-23-46(42)54(50(43)48)38-28-26-37(27-29-38)53(35-16-6-4-7-17-35)36-18-8-5-9-19-36/h4-14,16-33H,15H2,1-3H3. The van der Waals surface area contributed by atoms with Gasteiger partial charge in [-0.25, -0.2) is 0 Å². The quantitative estimate of drug-likeness (QED) is 0.177. The summed E-state index contributed by atoms with van der Waals surface area (Å²) in [5, 5.41) is 4.61. The Morgan fingerprint density at radius 2 is 1.29 bits per heavy atom. The highest BCUT2D eigenvalue weighted by Crippen LogP contribution is 2.54. The van der Waals surface area contributed by atoms with Gasteiger partial charge >= 0.3 is 0 Å². The van der Waals surface area contributed by atoms with Gasteiger partial charge in [-0.3, -0.25) is 0 Å². The van der Waals surface area contributed by atoms with Crippen molar-refractivity contribution in [2.45, 2.75) is 32.6 Å². The van der Waals surface area contributed by atoms with Crippen molar-refractivity contribution in [3.63, 3.8) is 0 Å². The average molecular weight is 709 g/mol. The third kappa shape index (κ3) is 4.69. The van der Waals surface area contributed by atoms with E-state index < -0.39 is 0 Å². The Morgan fingerprint density at radius 3 is 2.04 bits per heavy atom. The van der Waals surface area contributed by atoms with E-state index in [0.29, 0.717) is 5.92 Å². The number of furan rings is 1. The second kappa shape index (κ2) is 12.0. The molecule has 0 saturated heterocycles. The number of allylic oxidation sites excluding steroid dienone is 4. The molecule has 0 radical (unpaired) electrons. The topological polar surface area (TPSA) is 21.3 Å². The van der Waals surface area contributed by atoms with Gasteiger partial charge in [0, 0.05) is 49.9 Å². The SMILES string of the molecule is CC1CC=CC2=C1C(C)(C)c1cc(-c3cc4c5ccccc5oc4c4c5ccccc5n(-c5ccc(N(c6ccccc6)c6ccccc6)cc5)c34)ccc12. The highest BCUT2D eigenvalue weighted by Gasteiger charge is 2.40. The van der Waals surface area contributed by atoms with Crippen LogP contribution < -0.4 is 4.90 Å². The summed E-state index contributed by atoms with van der Waals surface area (Å²) in [7, 11) is 0. The van der Waals surface area contributed by atoms with Crippen molar-refractivity contribution in [1.29, 1.82) is 0 Å². The summed E-state index contributed by atoms with van der Waals surface area (Å²) < 4.78 is 9.27. The van der Waals surface area contributed by atoms with Gasteiger partial charge in [0.1, 0.15) is 11.2 Å². The number of hydrogen-bond donors (Lipinski definition) is 0. The lowest BCUT2D eigenvalue weighted by atomic mass is 9.74. The largest absolute Gasteiger partial charge is 0.455 e. The molecule has 2 aliphatic carbocycles. The van der Waals surface area contributed by atoms with Crippen molar-refractivity contribution in [2.75, 3.05) is 4.90 Å². The molecule has 3 heteroatoms. The highest BCUT2D eigenvalue weighted by molar-refractivity contribution is 6.27. The van der Waals surface area contributed by atoms with Gasteiger partial charge in [-0.2, -0.15) is 0 Å². The van der Waals surface area contributed by atoms with E-state index >= 15 is 0 Å². The first-order valence-corrected chi connectivity index (χ1v) is 19.4. The van der Waals surface area contributed by atoms with E-state index in [4.69, 9.17) is 4.42 Å². The van der Waals surface area contributed by atoms with Gasteiger partial charge in [-0.1, -0.05) is 118 Å². The lowest BCUT2D eigenvalue weighted by Gasteiger charge is -2.30. The van der Waals surface area contributed by atoms with E-state index in [9.17, 15) is 0 Å². The van der Waals surface area contributed by atoms with Crippen LogP contribution in [0.15, 0.2) is 180 Å². The minimum atomic E-state index is -0.0532. The Bertz CT molecular complexity index is 2990. The zero-order valence-electron chi connectivity index (χ0n) is 31.3. The van der Waals surface area contributed by atoms with E-state index in [2.05, 4.69) is 200 Å². The molecule has 2 aromatic heterocycles. The summed E-state index contributed by atoms with van der Waals surface area (Å²) >= 11 is 0. The first-order chi connectivity index (χ1) is 27.0. The Labute approximate surface area is 321 Å². The second-order valence-corrected chi connectivity index (χ2v) is 15.7. The predicted octanol–water partition coefficient (Wildman–Crippen LogP) is 14.5. The van der Waals surface area contributed by atoms with Crippen LogP contribution in [0.4, 0.5) is 17.1 Å². The third-order valence-electron chi connectivity index (χ3n) is 12.2. The highest BCUT2D eigenvalue weighted by atomic mass is 16.3. The molecule has 55 heavy (non-hydrogen) atoms. The van der Waals surface area contributed by atoms with Crippen molar-refractivity contribution in [3.8, 4) is 16.8 Å². The van der Waals surface area contributed by atoms with Crippen LogP contribution in [0.1, 0.15) is 38.3 Å². The Morgan fingerprint density at radius 1 is 0.636 bits per heavy atom. The van der Waals surface area contributed by atoms with Crippen molar-refractivity contribution in [1.82, 2.24) is 4.57 Å². The fourth-order valence-electron chi connectivity index (χ4n) is 9.83. The molecule has 1 unspecified atom stereocenters. The first kappa shape index (κ1) is 31.9. The first-order valence-electron chi connectivity index (χ1n) is 19.4. The maximum atomic E-state index is 6.81. The number of benzene rings is 7. The monoisotopic (exact) mass is 708 g/mol. The van der Waals surface area contributed by atoms with Crippen molar-refractivity contribution < 1.29 is 4.42 Å². The average Bonchev–Trinajstić information content (AvgIpc) is 3.85. The molecular formula is C52H40N2O. The van der Waals surface area contributed by atoms with E-state index in [0.717, 1.165) is 67.5 Å². The van der Waals surface area contributed by atoms with E-state index in [1.807, 2.05) is 0 Å². The summed E-state index contributed by atoms with van der Waals surface area (Å²) in [6.45, 7) is 7.23. The summed E-state index contributed by atoms with van der Waals surface area (Å²) in [6, 6.07) is 57.1. The molecular weight excluding hydrogens is 669 g/mol.